The minimum absolute atomic E-state index is 0.750. The minimum Gasteiger partial charge on any atom is -0.368 e. The molecule has 25 heavy (non-hydrogen) atoms. The molecular weight excluding hydrogens is 308 g/mol. The molecule has 0 unspecified atom stereocenters. The standard InChI is InChI=1S/C21H22N4/c1-25(2)14-13-22-21-19-15-9-5-3-4-6-11-17(15)23-20(19)16-10-7-8-12-18(16)24-21/h5,7-10,12,23H,3,11,13-14H2,1-2H3,(H,22,24)/b9-5-. The monoisotopic (exact) mass is 330 g/mol. The van der Waals surface area contributed by atoms with Crippen molar-refractivity contribution in [2.24, 2.45) is 0 Å². The zero-order valence-electron chi connectivity index (χ0n) is 14.7. The largest absolute Gasteiger partial charge is 0.368 e. The lowest BCUT2D eigenvalue weighted by atomic mass is 10.1. The summed E-state index contributed by atoms with van der Waals surface area (Å²) < 4.78 is 0. The van der Waals surface area contributed by atoms with E-state index in [0.29, 0.717) is 0 Å². The first-order valence-corrected chi connectivity index (χ1v) is 8.68. The van der Waals surface area contributed by atoms with E-state index in [-0.39, 0.29) is 0 Å². The number of aromatic amines is 1. The van der Waals surface area contributed by atoms with E-state index in [0.717, 1.165) is 48.2 Å². The summed E-state index contributed by atoms with van der Waals surface area (Å²) in [4.78, 5) is 10.7. The summed E-state index contributed by atoms with van der Waals surface area (Å²) in [6.07, 6.45) is 5.88. The highest BCUT2D eigenvalue weighted by atomic mass is 15.1. The average molecular weight is 330 g/mol. The lowest BCUT2D eigenvalue weighted by molar-refractivity contribution is 0.425. The van der Waals surface area contributed by atoms with Gasteiger partial charge in [0.1, 0.15) is 5.82 Å². The van der Waals surface area contributed by atoms with Gasteiger partial charge in [0.2, 0.25) is 0 Å². The number of para-hydroxylation sites is 1. The molecule has 0 fully saturated rings. The van der Waals surface area contributed by atoms with Crippen molar-refractivity contribution < 1.29 is 0 Å². The van der Waals surface area contributed by atoms with Crippen LogP contribution in [0.2, 0.25) is 0 Å². The SMILES string of the molecule is CN(C)CCNc1nc2ccccc2c2[nH]c3c(c12)/C=C\CC#CC3. The molecule has 0 saturated carbocycles. The molecule has 0 radical (unpaired) electrons. The molecule has 126 valence electrons. The number of H-pyrrole nitrogens is 1. The van der Waals surface area contributed by atoms with Crippen LogP contribution in [-0.2, 0) is 6.42 Å². The van der Waals surface area contributed by atoms with Crippen LogP contribution in [0.15, 0.2) is 30.3 Å². The normalized spacial score (nSPS) is 14.7. The first-order valence-electron chi connectivity index (χ1n) is 8.68. The second-order valence-electron chi connectivity index (χ2n) is 6.61. The predicted molar refractivity (Wildman–Crippen MR) is 106 cm³/mol. The topological polar surface area (TPSA) is 44.0 Å². The van der Waals surface area contributed by atoms with Gasteiger partial charge in [0.05, 0.1) is 16.4 Å². The molecule has 1 aromatic carbocycles. The summed E-state index contributed by atoms with van der Waals surface area (Å²) in [5.74, 6) is 7.38. The van der Waals surface area contributed by atoms with Crippen molar-refractivity contribution in [2.45, 2.75) is 12.8 Å². The number of likely N-dealkylation sites (N-methyl/N-ethyl adjacent to an activating group) is 1. The zero-order valence-corrected chi connectivity index (χ0v) is 14.7. The van der Waals surface area contributed by atoms with Crippen LogP contribution in [0.25, 0.3) is 27.9 Å². The number of benzene rings is 1. The van der Waals surface area contributed by atoms with Gasteiger partial charge in [-0.3, -0.25) is 0 Å². The van der Waals surface area contributed by atoms with Gasteiger partial charge in [-0.2, -0.15) is 0 Å². The number of nitrogens with one attached hydrogen (secondary N) is 2. The predicted octanol–water partition coefficient (Wildman–Crippen LogP) is 3.65. The van der Waals surface area contributed by atoms with Gasteiger partial charge in [-0.05, 0) is 20.2 Å². The Morgan fingerprint density at radius 3 is 3.00 bits per heavy atom. The van der Waals surface area contributed by atoms with Gasteiger partial charge in [0.15, 0.2) is 0 Å². The highest BCUT2D eigenvalue weighted by Gasteiger charge is 2.17. The van der Waals surface area contributed by atoms with Crippen molar-refractivity contribution in [3.8, 4) is 11.8 Å². The molecule has 4 heteroatoms. The fourth-order valence-electron chi connectivity index (χ4n) is 3.28. The molecule has 4 nitrogen and oxygen atoms in total. The molecule has 0 spiro atoms. The lowest BCUT2D eigenvalue weighted by Gasteiger charge is -2.13. The smallest absolute Gasteiger partial charge is 0.136 e. The van der Waals surface area contributed by atoms with Crippen molar-refractivity contribution in [1.82, 2.24) is 14.9 Å². The Balaban J connectivity index is 1.93. The van der Waals surface area contributed by atoms with Gasteiger partial charge >= 0.3 is 0 Å². The molecule has 3 aromatic rings. The second-order valence-corrected chi connectivity index (χ2v) is 6.61. The fourth-order valence-corrected chi connectivity index (χ4v) is 3.28. The number of allylic oxidation sites excluding steroid dienone is 1. The molecule has 1 aliphatic carbocycles. The van der Waals surface area contributed by atoms with Crippen molar-refractivity contribution >= 4 is 33.7 Å². The number of anilines is 1. The van der Waals surface area contributed by atoms with E-state index in [1.807, 2.05) is 6.07 Å². The first-order chi connectivity index (χ1) is 12.2. The van der Waals surface area contributed by atoms with Crippen LogP contribution in [-0.4, -0.2) is 42.1 Å². The summed E-state index contributed by atoms with van der Waals surface area (Å²) in [5.41, 5.74) is 4.55. The third-order valence-corrected chi connectivity index (χ3v) is 4.51. The van der Waals surface area contributed by atoms with Gasteiger partial charge in [-0.15, -0.1) is 0 Å². The minimum atomic E-state index is 0.750. The number of hydrogen-bond donors (Lipinski definition) is 2. The summed E-state index contributed by atoms with van der Waals surface area (Å²) >= 11 is 0. The highest BCUT2D eigenvalue weighted by Crippen LogP contribution is 2.35. The number of pyridine rings is 1. The quantitative estimate of drug-likeness (QED) is 0.718. The van der Waals surface area contributed by atoms with Crippen LogP contribution in [0.4, 0.5) is 5.82 Å². The molecule has 4 rings (SSSR count). The molecule has 0 amide bonds. The number of fused-ring (bicyclic) bond motifs is 5. The Morgan fingerprint density at radius 1 is 1.24 bits per heavy atom. The maximum absolute atomic E-state index is 4.92. The van der Waals surface area contributed by atoms with Crippen LogP contribution in [0.3, 0.4) is 0 Å². The third kappa shape index (κ3) is 2.99. The molecule has 0 saturated heterocycles. The summed E-state index contributed by atoms with van der Waals surface area (Å²) in [6.45, 7) is 1.82. The molecule has 2 N–H and O–H groups in total. The number of aromatic nitrogens is 2. The number of rotatable bonds is 4. The summed E-state index contributed by atoms with van der Waals surface area (Å²) in [6, 6.07) is 8.30. The Bertz CT molecular complexity index is 1010. The van der Waals surface area contributed by atoms with Crippen molar-refractivity contribution in [3.63, 3.8) is 0 Å². The van der Waals surface area contributed by atoms with E-state index in [4.69, 9.17) is 4.98 Å². The van der Waals surface area contributed by atoms with Gasteiger partial charge in [-0.25, -0.2) is 4.98 Å². The average Bonchev–Trinajstić information content (AvgIpc) is 2.92. The van der Waals surface area contributed by atoms with Gasteiger partial charge < -0.3 is 15.2 Å². The molecular formula is C21H22N4. The summed E-state index contributed by atoms with van der Waals surface area (Å²) in [5, 5.41) is 5.87. The maximum atomic E-state index is 4.92. The molecule has 0 aliphatic heterocycles. The van der Waals surface area contributed by atoms with E-state index < -0.39 is 0 Å². The third-order valence-electron chi connectivity index (χ3n) is 4.51. The van der Waals surface area contributed by atoms with Gasteiger partial charge in [-0.1, -0.05) is 42.2 Å². The number of nitrogens with zero attached hydrogens (tertiary/aromatic N) is 2. The van der Waals surface area contributed by atoms with Crippen LogP contribution in [0, 0.1) is 11.8 Å². The van der Waals surface area contributed by atoms with Crippen molar-refractivity contribution in [1.29, 1.82) is 0 Å². The van der Waals surface area contributed by atoms with Crippen LogP contribution < -0.4 is 5.32 Å². The van der Waals surface area contributed by atoms with E-state index >= 15 is 0 Å². The Labute approximate surface area is 147 Å². The molecule has 0 bridgehead atoms. The number of hydrogen-bond acceptors (Lipinski definition) is 3. The second kappa shape index (κ2) is 6.62. The van der Waals surface area contributed by atoms with Gasteiger partial charge in [0, 0.05) is 42.6 Å². The maximum Gasteiger partial charge on any atom is 0.136 e. The molecule has 2 heterocycles. The first kappa shape index (κ1) is 15.7. The van der Waals surface area contributed by atoms with E-state index in [1.54, 1.807) is 0 Å². The van der Waals surface area contributed by atoms with Crippen LogP contribution >= 0.6 is 0 Å². The van der Waals surface area contributed by atoms with Crippen LogP contribution in [0.1, 0.15) is 17.7 Å². The Hall–Kier alpha value is -2.77. The molecule has 1 aliphatic rings. The Morgan fingerprint density at radius 2 is 2.12 bits per heavy atom. The van der Waals surface area contributed by atoms with Crippen LogP contribution in [0.5, 0.6) is 0 Å². The lowest BCUT2D eigenvalue weighted by Crippen LogP contribution is -2.21. The van der Waals surface area contributed by atoms with Gasteiger partial charge in [0.25, 0.3) is 0 Å². The van der Waals surface area contributed by atoms with E-state index in [2.05, 4.69) is 71.5 Å². The van der Waals surface area contributed by atoms with Crippen molar-refractivity contribution in [3.05, 3.63) is 41.6 Å². The highest BCUT2D eigenvalue weighted by molar-refractivity contribution is 6.12. The molecule has 2 aromatic heterocycles. The zero-order chi connectivity index (χ0) is 17.2. The van der Waals surface area contributed by atoms with E-state index in [1.165, 1.54) is 16.6 Å². The van der Waals surface area contributed by atoms with Crippen molar-refractivity contribution in [2.75, 3.05) is 32.5 Å². The Kier molecular flexibility index (Phi) is 4.17. The summed E-state index contributed by atoms with van der Waals surface area (Å²) in [7, 11) is 4.16. The fraction of sp³-hybridized carbons (Fsp3) is 0.286. The van der Waals surface area contributed by atoms with E-state index in [9.17, 15) is 0 Å². The molecule has 0 atom stereocenters.